The summed E-state index contributed by atoms with van der Waals surface area (Å²) in [5.74, 6) is -1.28. The minimum absolute atomic E-state index is 0.0178. The van der Waals surface area contributed by atoms with Crippen molar-refractivity contribution in [1.29, 1.82) is 0 Å². The van der Waals surface area contributed by atoms with Gasteiger partial charge in [-0.2, -0.15) is 8.78 Å². The van der Waals surface area contributed by atoms with Crippen LogP contribution in [0.15, 0.2) is 101 Å². The van der Waals surface area contributed by atoms with E-state index >= 15 is 4.39 Å². The monoisotopic (exact) mass is 772 g/mol. The zero-order valence-electron chi connectivity index (χ0n) is 29.4. The molecule has 0 spiro atoms. The van der Waals surface area contributed by atoms with Gasteiger partial charge in [0.25, 0.3) is 0 Å². The van der Waals surface area contributed by atoms with Gasteiger partial charge in [-0.25, -0.2) is 14.0 Å². The molecule has 0 radical (unpaired) electrons. The van der Waals surface area contributed by atoms with Crippen LogP contribution in [0.1, 0.15) is 60.7 Å². The molecule has 2 atom stereocenters. The summed E-state index contributed by atoms with van der Waals surface area (Å²) in [7, 11) is 0. The summed E-state index contributed by atoms with van der Waals surface area (Å²) in [5, 5.41) is 0.510. The summed E-state index contributed by atoms with van der Waals surface area (Å²) < 4.78 is 63.7. The third-order valence-corrected chi connectivity index (χ3v) is 10.0. The van der Waals surface area contributed by atoms with Crippen LogP contribution < -0.4 is 14.4 Å². The molecule has 0 aliphatic carbocycles. The van der Waals surface area contributed by atoms with Gasteiger partial charge in [0.1, 0.15) is 18.0 Å². The third kappa shape index (κ3) is 10.2. The van der Waals surface area contributed by atoms with Gasteiger partial charge in [0, 0.05) is 23.0 Å². The molecule has 2 bridgehead atoms. The number of anilines is 1. The Morgan fingerprint density at radius 2 is 1.79 bits per heavy atom. The molecule has 8 nitrogen and oxygen atoms in total. The van der Waals surface area contributed by atoms with Gasteiger partial charge in [-0.05, 0) is 98.8 Å². The number of carbonyl (C=O) groups is 2. The van der Waals surface area contributed by atoms with Crippen molar-refractivity contribution < 1.29 is 41.7 Å². The second-order valence-electron chi connectivity index (χ2n) is 12.6. The molecular weight excluding hydrogens is 732 g/mol. The fraction of sp³-hybridized carbons (Fsp3) is 0.350. The lowest BCUT2D eigenvalue weighted by molar-refractivity contribution is -0.0514. The number of halogens is 5. The first-order chi connectivity index (χ1) is 25.5. The summed E-state index contributed by atoms with van der Waals surface area (Å²) >= 11 is 13.0. The van der Waals surface area contributed by atoms with Crippen molar-refractivity contribution in [3.05, 3.63) is 124 Å². The Balaban J connectivity index is 1.44. The number of esters is 1. The number of fused-ring (bicyclic) bond motifs is 3. The minimum atomic E-state index is -3.09. The highest BCUT2D eigenvalue weighted by molar-refractivity contribution is 6.36. The Hall–Kier alpha value is -4.45. The number of hydrogen-bond acceptors (Lipinski definition) is 7. The number of carbonyl (C=O) groups excluding carboxylic acids is 2. The zero-order chi connectivity index (χ0) is 38.1. The molecule has 282 valence electrons. The normalized spacial score (nSPS) is 19.2. The lowest BCUT2D eigenvalue weighted by Crippen LogP contribution is -2.53. The van der Waals surface area contributed by atoms with Crippen LogP contribution in [0.5, 0.6) is 11.5 Å². The molecule has 3 aliphatic heterocycles. The first kappa shape index (κ1) is 39.8. The van der Waals surface area contributed by atoms with Crippen LogP contribution in [0.3, 0.4) is 0 Å². The Morgan fingerprint density at radius 3 is 2.43 bits per heavy atom. The molecule has 0 aromatic heterocycles. The predicted molar refractivity (Wildman–Crippen MR) is 198 cm³/mol. The highest BCUT2D eigenvalue weighted by atomic mass is 35.5. The number of rotatable bonds is 15. The smallest absolute Gasteiger partial charge is 0.415 e. The zero-order valence-corrected chi connectivity index (χ0v) is 30.9. The number of benzene rings is 3. The first-order valence-corrected chi connectivity index (χ1v) is 18.1. The van der Waals surface area contributed by atoms with Crippen molar-refractivity contribution in [3.8, 4) is 11.5 Å². The molecule has 0 unspecified atom stereocenters. The molecular formula is C40H41Cl2F3N2O6. The second-order valence-corrected chi connectivity index (χ2v) is 13.4. The van der Waals surface area contributed by atoms with E-state index in [1.165, 1.54) is 47.4 Å². The predicted octanol–water partition coefficient (Wildman–Crippen LogP) is 10.2. The van der Waals surface area contributed by atoms with Crippen LogP contribution in [0, 0.1) is 11.7 Å². The molecule has 0 N–H and O–H groups in total. The first-order valence-electron chi connectivity index (χ1n) is 17.3. The van der Waals surface area contributed by atoms with Crippen molar-refractivity contribution in [2.75, 3.05) is 31.1 Å². The molecule has 1 amide bonds. The highest BCUT2D eigenvalue weighted by Crippen LogP contribution is 2.38. The molecule has 3 aromatic rings. The van der Waals surface area contributed by atoms with Gasteiger partial charge in [-0.1, -0.05) is 72.3 Å². The topological polar surface area (TPSA) is 77.5 Å². The van der Waals surface area contributed by atoms with E-state index in [1.54, 1.807) is 50.3 Å². The molecule has 0 saturated carbocycles. The fourth-order valence-corrected chi connectivity index (χ4v) is 6.94. The lowest BCUT2D eigenvalue weighted by atomic mass is 9.86. The molecule has 3 aliphatic rings. The number of piperidine rings is 3. The summed E-state index contributed by atoms with van der Waals surface area (Å²) in [6, 6.07) is 16.6. The summed E-state index contributed by atoms with van der Waals surface area (Å²) in [4.78, 5) is 31.1. The molecule has 3 saturated heterocycles. The number of ether oxygens (including phenoxy) is 4. The quantitative estimate of drug-likeness (QED) is 0.112. The summed E-state index contributed by atoms with van der Waals surface area (Å²) in [5.41, 5.74) is 1.48. The Kier molecular flexibility index (Phi) is 13.9. The lowest BCUT2D eigenvalue weighted by Gasteiger charge is -2.44. The van der Waals surface area contributed by atoms with Crippen LogP contribution in [0.2, 0.25) is 0 Å². The van der Waals surface area contributed by atoms with E-state index in [-0.39, 0.29) is 59.4 Å². The average Bonchev–Trinajstić information content (AvgIpc) is 3.16. The number of hydrogen-bond donors (Lipinski definition) is 0. The van der Waals surface area contributed by atoms with Crippen LogP contribution in [-0.4, -0.2) is 55.9 Å². The van der Waals surface area contributed by atoms with Gasteiger partial charge in [0.05, 0.1) is 24.4 Å². The van der Waals surface area contributed by atoms with E-state index in [2.05, 4.69) is 16.2 Å². The number of alkyl halides is 2. The van der Waals surface area contributed by atoms with Crippen LogP contribution in [-0.2, 0) is 16.0 Å². The largest absolute Gasteiger partial charge is 0.490 e. The van der Waals surface area contributed by atoms with Crippen LogP contribution in [0.4, 0.5) is 23.7 Å². The summed E-state index contributed by atoms with van der Waals surface area (Å²) in [6.07, 6.45) is 2.83. The van der Waals surface area contributed by atoms with Crippen molar-refractivity contribution in [2.24, 2.45) is 5.92 Å². The van der Waals surface area contributed by atoms with Crippen molar-refractivity contribution in [2.45, 2.75) is 58.5 Å². The van der Waals surface area contributed by atoms with E-state index in [1.807, 2.05) is 0 Å². The van der Waals surface area contributed by atoms with Gasteiger partial charge in [-0.3, -0.25) is 9.80 Å². The van der Waals surface area contributed by atoms with Crippen molar-refractivity contribution >= 4 is 41.0 Å². The maximum absolute atomic E-state index is 15.2. The molecule has 3 fully saturated rings. The Labute approximate surface area is 317 Å². The van der Waals surface area contributed by atoms with E-state index < -0.39 is 30.6 Å². The maximum Gasteiger partial charge on any atom is 0.415 e. The molecule has 3 heterocycles. The second kappa shape index (κ2) is 18.5. The van der Waals surface area contributed by atoms with Gasteiger partial charge in [0.2, 0.25) is 0 Å². The standard InChI is InChI=1S/C40H41Cl2F3N2O6/c1-4-30(41)29(31(42)5-2)22-35(27-14-15-34(52-39(44)45)36(21-27)50-6-3)51-38(48)28-11-9-10-25(20-28)23-47(33-13-8-7-12-32(33)43)40(49)53-37-24-46-18-16-26(37)17-19-46/h4-5,7-15,20-21,26,35,37,39H,1,6,16-19,22-24H2,2-3H3/b30-29+,31-5+/t35-,37-/m0/s1. The third-order valence-electron chi connectivity index (χ3n) is 9.22. The highest BCUT2D eigenvalue weighted by Gasteiger charge is 2.38. The SMILES string of the molecule is C=C/C(Cl)=C(C[C@H](OC(=O)c1cccc(CN(C(=O)O[C@H]2CN3CCC2CC3)c2ccccc2F)c1)c1ccc(OC(F)F)c(OCC)c1)\C(Cl)=C/C. The molecule has 53 heavy (non-hydrogen) atoms. The van der Waals surface area contributed by atoms with E-state index in [0.29, 0.717) is 28.3 Å². The average molecular weight is 774 g/mol. The number of amides is 1. The number of nitrogens with zero attached hydrogens (tertiary/aromatic N) is 2. The van der Waals surface area contributed by atoms with Crippen molar-refractivity contribution in [1.82, 2.24) is 4.90 Å². The Bertz CT molecular complexity index is 1850. The van der Waals surface area contributed by atoms with Gasteiger partial charge >= 0.3 is 18.7 Å². The minimum Gasteiger partial charge on any atom is -0.490 e. The number of allylic oxidation sites excluding steroid dienone is 4. The fourth-order valence-electron chi connectivity index (χ4n) is 6.54. The molecule has 3 aromatic carbocycles. The van der Waals surface area contributed by atoms with Crippen molar-refractivity contribution in [3.63, 3.8) is 0 Å². The van der Waals surface area contributed by atoms with E-state index in [9.17, 15) is 18.4 Å². The van der Waals surface area contributed by atoms with E-state index in [4.69, 9.17) is 37.4 Å². The Morgan fingerprint density at radius 1 is 1.04 bits per heavy atom. The van der Waals surface area contributed by atoms with Gasteiger partial charge < -0.3 is 18.9 Å². The van der Waals surface area contributed by atoms with Crippen LogP contribution in [0.25, 0.3) is 0 Å². The van der Waals surface area contributed by atoms with Crippen LogP contribution >= 0.6 is 23.2 Å². The molecule has 6 rings (SSSR count). The summed E-state index contributed by atoms with van der Waals surface area (Å²) in [6.45, 7) is 6.64. The molecule has 13 heteroatoms. The van der Waals surface area contributed by atoms with E-state index in [0.717, 1.165) is 25.9 Å². The maximum atomic E-state index is 15.2. The number of para-hydroxylation sites is 1. The van der Waals surface area contributed by atoms with Gasteiger partial charge in [0.15, 0.2) is 11.5 Å². The van der Waals surface area contributed by atoms with Gasteiger partial charge in [-0.15, -0.1) is 0 Å².